The fourth-order valence-corrected chi connectivity index (χ4v) is 3.10. The van der Waals surface area contributed by atoms with Crippen LogP contribution in [0.5, 0.6) is 11.5 Å². The molecule has 21 heavy (non-hydrogen) atoms. The van der Waals surface area contributed by atoms with Crippen molar-refractivity contribution >= 4 is 15.9 Å². The van der Waals surface area contributed by atoms with E-state index in [2.05, 4.69) is 57.6 Å². The van der Waals surface area contributed by atoms with Crippen LogP contribution >= 0.6 is 15.9 Å². The zero-order valence-corrected chi connectivity index (χ0v) is 13.7. The summed E-state index contributed by atoms with van der Waals surface area (Å²) in [4.78, 5) is 0. The van der Waals surface area contributed by atoms with Gasteiger partial charge in [-0.2, -0.15) is 0 Å². The van der Waals surface area contributed by atoms with Gasteiger partial charge in [0.05, 0.1) is 20.3 Å². The maximum Gasteiger partial charge on any atom is 0.161 e. The molecule has 2 aromatic rings. The van der Waals surface area contributed by atoms with Crippen molar-refractivity contribution in [3.05, 3.63) is 57.6 Å². The maximum absolute atomic E-state index is 5.45. The van der Waals surface area contributed by atoms with E-state index in [0.717, 1.165) is 28.9 Å². The quantitative estimate of drug-likeness (QED) is 0.918. The van der Waals surface area contributed by atoms with Gasteiger partial charge in [-0.25, -0.2) is 0 Å². The maximum atomic E-state index is 5.45. The second-order valence-corrected chi connectivity index (χ2v) is 6.01. The summed E-state index contributed by atoms with van der Waals surface area (Å²) < 4.78 is 11.9. The summed E-state index contributed by atoms with van der Waals surface area (Å²) >= 11 is 3.49. The van der Waals surface area contributed by atoms with Gasteiger partial charge in [-0.3, -0.25) is 0 Å². The molecule has 0 aromatic heterocycles. The lowest BCUT2D eigenvalue weighted by atomic mass is 9.89. The minimum Gasteiger partial charge on any atom is -0.493 e. The molecule has 0 spiro atoms. The molecule has 1 heterocycles. The molecule has 0 saturated carbocycles. The van der Waals surface area contributed by atoms with E-state index in [9.17, 15) is 0 Å². The molecule has 2 aromatic carbocycles. The van der Waals surface area contributed by atoms with Crippen molar-refractivity contribution in [1.29, 1.82) is 0 Å². The van der Waals surface area contributed by atoms with E-state index in [1.165, 1.54) is 16.7 Å². The minimum absolute atomic E-state index is 0.196. The van der Waals surface area contributed by atoms with E-state index < -0.39 is 0 Å². The molecule has 3 rings (SSSR count). The lowest BCUT2D eigenvalue weighted by molar-refractivity contribution is 0.353. The van der Waals surface area contributed by atoms with Gasteiger partial charge in [0.15, 0.2) is 11.5 Å². The predicted octanol–water partition coefficient (Wildman–Crippen LogP) is 3.70. The van der Waals surface area contributed by atoms with Crippen LogP contribution in [0.25, 0.3) is 0 Å². The fraction of sp³-hybridized carbons (Fsp3) is 0.294. The summed E-state index contributed by atoms with van der Waals surface area (Å²) in [5, 5.41) is 3.59. The van der Waals surface area contributed by atoms with Crippen molar-refractivity contribution in [2.24, 2.45) is 0 Å². The van der Waals surface area contributed by atoms with Gasteiger partial charge in [0.25, 0.3) is 0 Å². The summed E-state index contributed by atoms with van der Waals surface area (Å²) in [5.74, 6) is 1.58. The third kappa shape index (κ3) is 2.78. The molecule has 1 aliphatic rings. The molecule has 110 valence electrons. The molecule has 3 nitrogen and oxygen atoms in total. The Balaban J connectivity index is 2.06. The standard InChI is InChI=1S/C17H18BrNO2/c1-20-15-9-12-7-8-19-17(14(12)10-16(15)21-2)11-3-5-13(18)6-4-11/h3-6,9-10,17,19H,7-8H2,1-2H3/t17-/m1/s1. The average Bonchev–Trinajstić information content (AvgIpc) is 2.53. The number of benzene rings is 2. The van der Waals surface area contributed by atoms with Crippen molar-refractivity contribution in [1.82, 2.24) is 5.32 Å². The number of hydrogen-bond acceptors (Lipinski definition) is 3. The Morgan fingerprint density at radius 3 is 2.38 bits per heavy atom. The van der Waals surface area contributed by atoms with Crippen LogP contribution in [0, 0.1) is 0 Å². The van der Waals surface area contributed by atoms with E-state index in [4.69, 9.17) is 9.47 Å². The van der Waals surface area contributed by atoms with Crippen LogP contribution in [0.3, 0.4) is 0 Å². The molecular formula is C17H18BrNO2. The molecule has 1 N–H and O–H groups in total. The number of methoxy groups -OCH3 is 2. The van der Waals surface area contributed by atoms with Crippen LogP contribution in [0.4, 0.5) is 0 Å². The molecule has 1 aliphatic heterocycles. The summed E-state index contributed by atoms with van der Waals surface area (Å²) in [6.07, 6.45) is 1.00. The van der Waals surface area contributed by atoms with Gasteiger partial charge in [-0.15, -0.1) is 0 Å². The Labute approximate surface area is 133 Å². The largest absolute Gasteiger partial charge is 0.493 e. The number of rotatable bonds is 3. The van der Waals surface area contributed by atoms with E-state index >= 15 is 0 Å². The van der Waals surface area contributed by atoms with E-state index in [1.54, 1.807) is 14.2 Å². The second kappa shape index (κ2) is 6.08. The molecule has 0 amide bonds. The minimum atomic E-state index is 0.196. The highest BCUT2D eigenvalue weighted by Gasteiger charge is 2.23. The first-order valence-electron chi connectivity index (χ1n) is 6.96. The number of nitrogens with one attached hydrogen (secondary N) is 1. The molecule has 0 radical (unpaired) electrons. The van der Waals surface area contributed by atoms with Crippen LogP contribution in [0.1, 0.15) is 22.7 Å². The zero-order valence-electron chi connectivity index (χ0n) is 12.2. The molecule has 0 unspecified atom stereocenters. The van der Waals surface area contributed by atoms with Crippen molar-refractivity contribution in [2.75, 3.05) is 20.8 Å². The van der Waals surface area contributed by atoms with Gasteiger partial charge in [0.1, 0.15) is 0 Å². The summed E-state index contributed by atoms with van der Waals surface area (Å²) in [5.41, 5.74) is 3.84. The van der Waals surface area contributed by atoms with Crippen molar-refractivity contribution in [3.8, 4) is 11.5 Å². The topological polar surface area (TPSA) is 30.5 Å². The number of ether oxygens (including phenoxy) is 2. The Kier molecular flexibility index (Phi) is 4.17. The Morgan fingerprint density at radius 2 is 1.71 bits per heavy atom. The first kappa shape index (κ1) is 14.4. The van der Waals surface area contributed by atoms with Gasteiger partial charge in [0.2, 0.25) is 0 Å². The zero-order chi connectivity index (χ0) is 14.8. The smallest absolute Gasteiger partial charge is 0.161 e. The van der Waals surface area contributed by atoms with E-state index in [0.29, 0.717) is 0 Å². The lowest BCUT2D eigenvalue weighted by Crippen LogP contribution is -2.30. The van der Waals surface area contributed by atoms with Crippen LogP contribution < -0.4 is 14.8 Å². The molecule has 0 fully saturated rings. The molecule has 0 bridgehead atoms. The van der Waals surface area contributed by atoms with Crippen molar-refractivity contribution in [2.45, 2.75) is 12.5 Å². The van der Waals surface area contributed by atoms with Crippen LogP contribution in [0.15, 0.2) is 40.9 Å². The van der Waals surface area contributed by atoms with E-state index in [1.807, 2.05) is 0 Å². The first-order chi connectivity index (χ1) is 10.2. The third-order valence-electron chi connectivity index (χ3n) is 3.90. The van der Waals surface area contributed by atoms with Gasteiger partial charge in [0, 0.05) is 11.0 Å². The fourth-order valence-electron chi connectivity index (χ4n) is 2.84. The highest BCUT2D eigenvalue weighted by atomic mass is 79.9. The van der Waals surface area contributed by atoms with Gasteiger partial charge in [-0.1, -0.05) is 28.1 Å². The van der Waals surface area contributed by atoms with Crippen LogP contribution in [-0.2, 0) is 6.42 Å². The van der Waals surface area contributed by atoms with Gasteiger partial charge >= 0.3 is 0 Å². The summed E-state index contributed by atoms with van der Waals surface area (Å²) in [6.45, 7) is 0.962. The third-order valence-corrected chi connectivity index (χ3v) is 4.43. The Bertz CT molecular complexity index is 640. The monoisotopic (exact) mass is 347 g/mol. The molecule has 1 atom stereocenters. The highest BCUT2D eigenvalue weighted by Crippen LogP contribution is 2.37. The van der Waals surface area contributed by atoms with Crippen LogP contribution in [0.2, 0.25) is 0 Å². The van der Waals surface area contributed by atoms with Crippen molar-refractivity contribution in [3.63, 3.8) is 0 Å². The van der Waals surface area contributed by atoms with Crippen molar-refractivity contribution < 1.29 is 9.47 Å². The summed E-state index contributed by atoms with van der Waals surface area (Å²) in [7, 11) is 3.35. The second-order valence-electron chi connectivity index (χ2n) is 5.09. The highest BCUT2D eigenvalue weighted by molar-refractivity contribution is 9.10. The van der Waals surface area contributed by atoms with E-state index in [-0.39, 0.29) is 6.04 Å². The SMILES string of the molecule is COc1cc2c(cc1OC)[C@@H](c1ccc(Br)cc1)NCC2. The number of halogens is 1. The number of hydrogen-bond donors (Lipinski definition) is 1. The number of fused-ring (bicyclic) bond motifs is 1. The predicted molar refractivity (Wildman–Crippen MR) is 87.2 cm³/mol. The molecule has 0 aliphatic carbocycles. The normalized spacial score (nSPS) is 17.2. The van der Waals surface area contributed by atoms with Crippen LogP contribution in [-0.4, -0.2) is 20.8 Å². The first-order valence-corrected chi connectivity index (χ1v) is 7.76. The Morgan fingerprint density at radius 1 is 1.05 bits per heavy atom. The van der Waals surface area contributed by atoms with Gasteiger partial charge < -0.3 is 14.8 Å². The molecular weight excluding hydrogens is 330 g/mol. The molecule has 0 saturated heterocycles. The lowest BCUT2D eigenvalue weighted by Gasteiger charge is -2.28. The van der Waals surface area contributed by atoms with Gasteiger partial charge in [-0.05, 0) is 47.4 Å². The average molecular weight is 348 g/mol. The molecule has 4 heteroatoms. The Hall–Kier alpha value is -1.52. The summed E-state index contributed by atoms with van der Waals surface area (Å²) in [6, 6.07) is 12.8.